The number of ether oxygens (including phenoxy) is 2. The summed E-state index contributed by atoms with van der Waals surface area (Å²) in [7, 11) is 0. The molecule has 0 aromatic heterocycles. The first-order chi connectivity index (χ1) is 7.57. The highest BCUT2D eigenvalue weighted by Crippen LogP contribution is 2.36. The summed E-state index contributed by atoms with van der Waals surface area (Å²) in [6.07, 6.45) is -6.43. The number of halogens is 3. The average Bonchev–Trinajstić information content (AvgIpc) is 3.01. The van der Waals surface area contributed by atoms with Gasteiger partial charge >= 0.3 is 6.18 Å². The second-order valence-electron chi connectivity index (χ2n) is 3.62. The molecule has 0 spiro atoms. The highest BCUT2D eigenvalue weighted by Gasteiger charge is 2.42. The van der Waals surface area contributed by atoms with Gasteiger partial charge in [0.1, 0.15) is 6.10 Å². The zero-order valence-electron chi connectivity index (χ0n) is 8.41. The minimum atomic E-state index is -4.39. The van der Waals surface area contributed by atoms with Gasteiger partial charge in [0.15, 0.2) is 6.10 Å². The van der Waals surface area contributed by atoms with E-state index >= 15 is 0 Å². The molecular formula is C11H11F3O2. The number of hydrogen-bond donors (Lipinski definition) is 0. The Morgan fingerprint density at radius 3 is 2.44 bits per heavy atom. The monoisotopic (exact) mass is 232 g/mol. The minimum absolute atomic E-state index is 0.0148. The molecule has 0 unspecified atom stereocenters. The van der Waals surface area contributed by atoms with E-state index in [2.05, 4.69) is 0 Å². The van der Waals surface area contributed by atoms with E-state index in [4.69, 9.17) is 9.47 Å². The standard InChI is InChI=1S/C11H11F3O2/c12-11(13,14)10(16-7-9-6-15-9)8-4-2-1-3-5-8/h1-5,9-10H,6-7H2/t9-,10+/m1/s1. The van der Waals surface area contributed by atoms with Crippen LogP contribution in [0.5, 0.6) is 0 Å². The Balaban J connectivity index is 2.07. The molecule has 88 valence electrons. The van der Waals surface area contributed by atoms with Gasteiger partial charge in [0.2, 0.25) is 0 Å². The van der Waals surface area contributed by atoms with Crippen molar-refractivity contribution in [1.82, 2.24) is 0 Å². The molecule has 0 N–H and O–H groups in total. The predicted octanol–water partition coefficient (Wildman–Crippen LogP) is 2.71. The SMILES string of the molecule is FC(F)(F)[C@@H](OC[C@H]1CO1)c1ccccc1. The molecule has 1 fully saturated rings. The second kappa shape index (κ2) is 4.43. The first-order valence-corrected chi connectivity index (χ1v) is 4.92. The third-order valence-electron chi connectivity index (χ3n) is 2.25. The van der Waals surface area contributed by atoms with Crippen LogP contribution in [-0.4, -0.2) is 25.5 Å². The Kier molecular flexibility index (Phi) is 3.16. The van der Waals surface area contributed by atoms with Crippen LogP contribution >= 0.6 is 0 Å². The van der Waals surface area contributed by atoms with E-state index in [0.29, 0.717) is 6.61 Å². The molecule has 16 heavy (non-hydrogen) atoms. The normalized spacial score (nSPS) is 21.8. The van der Waals surface area contributed by atoms with Crippen LogP contribution in [0.4, 0.5) is 13.2 Å². The van der Waals surface area contributed by atoms with Crippen molar-refractivity contribution in [3.8, 4) is 0 Å². The van der Waals surface area contributed by atoms with Crippen LogP contribution in [-0.2, 0) is 9.47 Å². The van der Waals surface area contributed by atoms with Gasteiger partial charge in [0, 0.05) is 0 Å². The van der Waals surface area contributed by atoms with Crippen molar-refractivity contribution in [3.05, 3.63) is 35.9 Å². The first-order valence-electron chi connectivity index (χ1n) is 4.92. The molecule has 2 atom stereocenters. The molecule has 0 amide bonds. The van der Waals surface area contributed by atoms with E-state index in [1.807, 2.05) is 0 Å². The van der Waals surface area contributed by atoms with Gasteiger partial charge in [-0.05, 0) is 5.56 Å². The van der Waals surface area contributed by atoms with Gasteiger partial charge in [-0.15, -0.1) is 0 Å². The molecule has 1 aliphatic rings. The van der Waals surface area contributed by atoms with Crippen LogP contribution < -0.4 is 0 Å². The molecule has 1 saturated heterocycles. The van der Waals surface area contributed by atoms with Gasteiger partial charge in [0.05, 0.1) is 13.2 Å². The zero-order chi connectivity index (χ0) is 11.6. The van der Waals surface area contributed by atoms with Crippen molar-refractivity contribution in [2.45, 2.75) is 18.4 Å². The van der Waals surface area contributed by atoms with Crippen LogP contribution in [0, 0.1) is 0 Å². The van der Waals surface area contributed by atoms with E-state index in [0.717, 1.165) is 0 Å². The summed E-state index contributed by atoms with van der Waals surface area (Å²) in [5, 5.41) is 0. The van der Waals surface area contributed by atoms with Crippen molar-refractivity contribution < 1.29 is 22.6 Å². The number of epoxide rings is 1. The topological polar surface area (TPSA) is 21.8 Å². The summed E-state index contributed by atoms with van der Waals surface area (Å²) in [5.41, 5.74) is 0.121. The summed E-state index contributed by atoms with van der Waals surface area (Å²) in [4.78, 5) is 0. The number of hydrogen-bond acceptors (Lipinski definition) is 2. The van der Waals surface area contributed by atoms with E-state index in [9.17, 15) is 13.2 Å². The Morgan fingerprint density at radius 2 is 1.94 bits per heavy atom. The highest BCUT2D eigenvalue weighted by atomic mass is 19.4. The zero-order valence-corrected chi connectivity index (χ0v) is 8.41. The van der Waals surface area contributed by atoms with Crippen molar-refractivity contribution in [1.29, 1.82) is 0 Å². The molecule has 1 aromatic carbocycles. The predicted molar refractivity (Wildman–Crippen MR) is 50.9 cm³/mol. The Hall–Kier alpha value is -1.07. The molecule has 1 aromatic rings. The third kappa shape index (κ3) is 2.96. The Bertz CT molecular complexity index is 333. The Morgan fingerprint density at radius 1 is 1.31 bits per heavy atom. The molecule has 2 rings (SSSR count). The largest absolute Gasteiger partial charge is 0.418 e. The van der Waals surface area contributed by atoms with Crippen LogP contribution in [0.25, 0.3) is 0 Å². The third-order valence-corrected chi connectivity index (χ3v) is 2.25. The fourth-order valence-electron chi connectivity index (χ4n) is 1.38. The molecule has 0 bridgehead atoms. The lowest BCUT2D eigenvalue weighted by atomic mass is 10.1. The van der Waals surface area contributed by atoms with E-state index in [1.54, 1.807) is 18.2 Å². The van der Waals surface area contributed by atoms with Crippen LogP contribution in [0.15, 0.2) is 30.3 Å². The lowest BCUT2D eigenvalue weighted by Crippen LogP contribution is -2.25. The minimum Gasteiger partial charge on any atom is -0.371 e. The number of rotatable bonds is 4. The second-order valence-corrected chi connectivity index (χ2v) is 3.62. The molecule has 5 heteroatoms. The summed E-state index contributed by atoms with van der Waals surface area (Å²) < 4.78 is 47.8. The van der Waals surface area contributed by atoms with Crippen molar-refractivity contribution >= 4 is 0 Å². The fourth-order valence-corrected chi connectivity index (χ4v) is 1.38. The molecule has 0 aliphatic carbocycles. The van der Waals surface area contributed by atoms with E-state index < -0.39 is 12.3 Å². The molecule has 0 radical (unpaired) electrons. The smallest absolute Gasteiger partial charge is 0.371 e. The van der Waals surface area contributed by atoms with Gasteiger partial charge in [0.25, 0.3) is 0 Å². The molecule has 1 heterocycles. The number of benzene rings is 1. The van der Waals surface area contributed by atoms with E-state index in [-0.39, 0.29) is 18.3 Å². The fraction of sp³-hybridized carbons (Fsp3) is 0.455. The van der Waals surface area contributed by atoms with Crippen LogP contribution in [0.3, 0.4) is 0 Å². The maximum absolute atomic E-state index is 12.7. The van der Waals surface area contributed by atoms with Gasteiger partial charge in [-0.3, -0.25) is 0 Å². The summed E-state index contributed by atoms with van der Waals surface area (Å²) in [6, 6.07) is 7.61. The average molecular weight is 232 g/mol. The van der Waals surface area contributed by atoms with E-state index in [1.165, 1.54) is 12.1 Å². The lowest BCUT2D eigenvalue weighted by molar-refractivity contribution is -0.224. The summed E-state index contributed by atoms with van der Waals surface area (Å²) in [5.74, 6) is 0. The van der Waals surface area contributed by atoms with Crippen molar-refractivity contribution in [3.63, 3.8) is 0 Å². The molecule has 0 saturated carbocycles. The van der Waals surface area contributed by atoms with Gasteiger partial charge in [-0.2, -0.15) is 13.2 Å². The maximum Gasteiger partial charge on any atom is 0.418 e. The summed E-state index contributed by atoms with van der Waals surface area (Å²) >= 11 is 0. The van der Waals surface area contributed by atoms with Gasteiger partial charge < -0.3 is 9.47 Å². The Labute approximate surface area is 91.0 Å². The van der Waals surface area contributed by atoms with Crippen molar-refractivity contribution in [2.24, 2.45) is 0 Å². The molecule has 2 nitrogen and oxygen atoms in total. The number of alkyl halides is 3. The molecular weight excluding hydrogens is 221 g/mol. The first kappa shape index (κ1) is 11.4. The van der Waals surface area contributed by atoms with Crippen LogP contribution in [0.2, 0.25) is 0 Å². The lowest BCUT2D eigenvalue weighted by Gasteiger charge is -2.20. The maximum atomic E-state index is 12.7. The highest BCUT2D eigenvalue weighted by molar-refractivity contribution is 5.18. The molecule has 1 aliphatic heterocycles. The van der Waals surface area contributed by atoms with Gasteiger partial charge in [-0.25, -0.2) is 0 Å². The quantitative estimate of drug-likeness (QED) is 0.744. The van der Waals surface area contributed by atoms with Crippen LogP contribution in [0.1, 0.15) is 11.7 Å². The van der Waals surface area contributed by atoms with Gasteiger partial charge in [-0.1, -0.05) is 30.3 Å². The summed E-state index contributed by atoms with van der Waals surface area (Å²) in [6.45, 7) is 0.471. The van der Waals surface area contributed by atoms with Crippen molar-refractivity contribution in [2.75, 3.05) is 13.2 Å².